The van der Waals surface area contributed by atoms with Crippen LogP contribution < -0.4 is 25.6 Å². The van der Waals surface area contributed by atoms with Crippen LogP contribution >= 0.6 is 11.8 Å². The summed E-state index contributed by atoms with van der Waals surface area (Å²) in [6.07, 6.45) is 8.19. The molecule has 2 aliphatic heterocycles. The van der Waals surface area contributed by atoms with Crippen LogP contribution in [0.25, 0.3) is 0 Å². The SMILES string of the molecule is C=CC(=O)N[C@@H]1CCC[C@H]1NC(=O)C1Sc2nccc3c2C1NC(=O)N3c1cnc(Oc2ccccc2)cn1. The van der Waals surface area contributed by atoms with Gasteiger partial charge in [-0.25, -0.2) is 24.6 Å². The third-order valence-electron chi connectivity index (χ3n) is 6.93. The molecule has 4 heterocycles. The number of rotatable bonds is 7. The fourth-order valence-corrected chi connectivity index (χ4v) is 6.39. The number of hydrogen-bond donors (Lipinski definition) is 3. The van der Waals surface area contributed by atoms with Crippen molar-refractivity contribution >= 4 is 41.1 Å². The van der Waals surface area contributed by atoms with E-state index in [4.69, 9.17) is 4.74 Å². The van der Waals surface area contributed by atoms with Crippen molar-refractivity contribution in [1.82, 2.24) is 30.9 Å². The summed E-state index contributed by atoms with van der Waals surface area (Å²) in [5, 5.41) is 9.02. The van der Waals surface area contributed by atoms with Crippen LogP contribution in [-0.2, 0) is 9.59 Å². The minimum atomic E-state index is -0.608. The van der Waals surface area contributed by atoms with Gasteiger partial charge in [0.2, 0.25) is 17.7 Å². The van der Waals surface area contributed by atoms with E-state index in [9.17, 15) is 14.4 Å². The fraction of sp³-hybridized carbons (Fsp3) is 0.259. The number of pyridine rings is 1. The van der Waals surface area contributed by atoms with Crippen molar-refractivity contribution < 1.29 is 19.1 Å². The van der Waals surface area contributed by atoms with Gasteiger partial charge in [-0.15, -0.1) is 0 Å². The van der Waals surface area contributed by atoms with E-state index in [0.29, 0.717) is 28.2 Å². The van der Waals surface area contributed by atoms with Crippen molar-refractivity contribution in [3.8, 4) is 11.6 Å². The van der Waals surface area contributed by atoms with Gasteiger partial charge >= 0.3 is 6.03 Å². The number of anilines is 2. The van der Waals surface area contributed by atoms with Gasteiger partial charge in [0.1, 0.15) is 16.0 Å². The summed E-state index contributed by atoms with van der Waals surface area (Å²) in [4.78, 5) is 53.2. The first-order valence-corrected chi connectivity index (χ1v) is 13.4. The van der Waals surface area contributed by atoms with Crippen molar-refractivity contribution in [2.75, 3.05) is 4.90 Å². The second-order valence-electron chi connectivity index (χ2n) is 9.34. The molecule has 0 radical (unpaired) electrons. The predicted molar refractivity (Wildman–Crippen MR) is 144 cm³/mol. The molecular formula is C27H25N7O4S. The van der Waals surface area contributed by atoms with Crippen LogP contribution in [0, 0.1) is 0 Å². The van der Waals surface area contributed by atoms with Gasteiger partial charge in [0.25, 0.3) is 0 Å². The van der Waals surface area contributed by atoms with Crippen molar-refractivity contribution in [1.29, 1.82) is 0 Å². The van der Waals surface area contributed by atoms with E-state index in [1.165, 1.54) is 35.1 Å². The lowest BCUT2D eigenvalue weighted by Gasteiger charge is -2.33. The molecule has 1 aliphatic carbocycles. The lowest BCUT2D eigenvalue weighted by atomic mass is 10.00. The average molecular weight is 544 g/mol. The molecule has 3 aromatic rings. The Balaban J connectivity index is 1.21. The molecule has 11 nitrogen and oxygen atoms in total. The maximum atomic E-state index is 13.4. The average Bonchev–Trinajstić information content (AvgIpc) is 3.54. The molecule has 0 bridgehead atoms. The zero-order valence-corrected chi connectivity index (χ0v) is 21.6. The van der Waals surface area contributed by atoms with E-state index in [1.807, 2.05) is 30.3 Å². The molecule has 2 aromatic heterocycles. The monoisotopic (exact) mass is 543 g/mol. The molecule has 6 rings (SSSR count). The minimum Gasteiger partial charge on any atom is -0.438 e. The Morgan fingerprint density at radius 3 is 2.62 bits per heavy atom. The van der Waals surface area contributed by atoms with Gasteiger partial charge in [-0.05, 0) is 43.5 Å². The maximum absolute atomic E-state index is 13.4. The number of benzene rings is 1. The Bertz CT molecular complexity index is 1440. The summed E-state index contributed by atoms with van der Waals surface area (Å²) in [7, 11) is 0. The van der Waals surface area contributed by atoms with Gasteiger partial charge in [0.15, 0.2) is 5.82 Å². The summed E-state index contributed by atoms with van der Waals surface area (Å²) < 4.78 is 5.71. The number of aromatic nitrogens is 3. The van der Waals surface area contributed by atoms with E-state index in [0.717, 1.165) is 24.8 Å². The third-order valence-corrected chi connectivity index (χ3v) is 8.22. The van der Waals surface area contributed by atoms with Crippen LogP contribution in [-0.4, -0.2) is 50.1 Å². The van der Waals surface area contributed by atoms with Crippen LogP contribution in [0.4, 0.5) is 16.3 Å². The molecule has 0 saturated heterocycles. The molecule has 0 spiro atoms. The van der Waals surface area contributed by atoms with Crippen molar-refractivity contribution in [3.63, 3.8) is 0 Å². The highest BCUT2D eigenvalue weighted by Crippen LogP contribution is 2.50. The minimum absolute atomic E-state index is 0.161. The zero-order valence-electron chi connectivity index (χ0n) is 20.7. The van der Waals surface area contributed by atoms with Crippen LogP contribution in [0.3, 0.4) is 0 Å². The molecule has 1 aromatic carbocycles. The first-order chi connectivity index (χ1) is 19.0. The second kappa shape index (κ2) is 10.4. The number of urea groups is 1. The number of para-hydroxylation sites is 1. The summed E-state index contributed by atoms with van der Waals surface area (Å²) in [5.74, 6) is 0.750. The summed E-state index contributed by atoms with van der Waals surface area (Å²) in [5.41, 5.74) is 1.36. The molecule has 4 amide bonds. The first-order valence-electron chi connectivity index (χ1n) is 12.6. The number of hydrogen-bond acceptors (Lipinski definition) is 8. The summed E-state index contributed by atoms with van der Waals surface area (Å²) >= 11 is 1.31. The number of carbonyl (C=O) groups is 3. The van der Waals surface area contributed by atoms with E-state index in [1.54, 1.807) is 12.3 Å². The number of thioether (sulfide) groups is 1. The summed E-state index contributed by atoms with van der Waals surface area (Å²) in [6.45, 7) is 3.50. The van der Waals surface area contributed by atoms with Crippen molar-refractivity contribution in [2.24, 2.45) is 0 Å². The van der Waals surface area contributed by atoms with Gasteiger partial charge in [0, 0.05) is 23.8 Å². The molecule has 1 fully saturated rings. The largest absolute Gasteiger partial charge is 0.438 e. The zero-order chi connectivity index (χ0) is 26.9. The number of ether oxygens (including phenoxy) is 1. The fourth-order valence-electron chi connectivity index (χ4n) is 5.15. The Kier molecular flexibility index (Phi) is 6.61. The highest BCUT2D eigenvalue weighted by Gasteiger charge is 2.47. The van der Waals surface area contributed by atoms with Crippen molar-refractivity contribution in [2.45, 2.75) is 47.7 Å². The van der Waals surface area contributed by atoms with Gasteiger partial charge in [-0.2, -0.15) is 0 Å². The summed E-state index contributed by atoms with van der Waals surface area (Å²) in [6, 6.07) is 9.61. The van der Waals surface area contributed by atoms with E-state index in [2.05, 4.69) is 37.5 Å². The molecule has 3 N–H and O–H groups in total. The Labute approximate surface area is 228 Å². The van der Waals surface area contributed by atoms with Gasteiger partial charge in [-0.1, -0.05) is 36.5 Å². The Morgan fingerprint density at radius 1 is 1.08 bits per heavy atom. The molecule has 12 heteroatoms. The number of amides is 4. The topological polar surface area (TPSA) is 138 Å². The van der Waals surface area contributed by atoms with Crippen molar-refractivity contribution in [3.05, 3.63) is 73.2 Å². The van der Waals surface area contributed by atoms with Gasteiger partial charge < -0.3 is 20.7 Å². The molecule has 2 unspecified atom stereocenters. The van der Waals surface area contributed by atoms with Crippen LogP contribution in [0.5, 0.6) is 11.6 Å². The van der Waals surface area contributed by atoms with Crippen LogP contribution in [0.1, 0.15) is 30.9 Å². The normalized spacial score (nSPS) is 23.0. The van der Waals surface area contributed by atoms with Crippen LogP contribution in [0.2, 0.25) is 0 Å². The van der Waals surface area contributed by atoms with E-state index < -0.39 is 17.3 Å². The predicted octanol–water partition coefficient (Wildman–Crippen LogP) is 3.38. The number of carbonyl (C=O) groups excluding carboxylic acids is 3. The van der Waals surface area contributed by atoms with Gasteiger partial charge in [-0.3, -0.25) is 9.59 Å². The highest BCUT2D eigenvalue weighted by atomic mass is 32.2. The molecule has 1 saturated carbocycles. The third kappa shape index (κ3) is 4.78. The molecule has 3 aliphatic rings. The Hall–Kier alpha value is -4.45. The number of nitrogens with one attached hydrogen (secondary N) is 3. The van der Waals surface area contributed by atoms with Gasteiger partial charge in [0.05, 0.1) is 24.1 Å². The Morgan fingerprint density at radius 2 is 1.87 bits per heavy atom. The standard InChI is InChI=1S/C27H25N7O4S/c1-2-20(35)31-16-9-6-10-17(16)32-25(36)24-23-22-18(11-12-28-26(22)39-24)34(27(37)33-23)19-13-30-21(14-29-19)38-15-7-4-3-5-8-15/h2-5,7-8,11-14,16-17,23-24H,1,6,9-10H2,(H,31,35)(H,32,36)(H,33,37)/t16-,17-,23?,24?/m1/s1. The van der Waals surface area contributed by atoms with E-state index >= 15 is 0 Å². The first kappa shape index (κ1) is 24.9. The molecule has 39 heavy (non-hydrogen) atoms. The second-order valence-corrected chi connectivity index (χ2v) is 10.5. The molecule has 198 valence electrons. The quantitative estimate of drug-likeness (QED) is 0.386. The lowest BCUT2D eigenvalue weighted by Crippen LogP contribution is -2.53. The highest BCUT2D eigenvalue weighted by molar-refractivity contribution is 8.01. The van der Waals surface area contributed by atoms with Crippen LogP contribution in [0.15, 0.2) is 72.7 Å². The smallest absolute Gasteiger partial charge is 0.328 e. The molecule has 4 atom stereocenters. The van der Waals surface area contributed by atoms with E-state index in [-0.39, 0.29) is 23.9 Å². The lowest BCUT2D eigenvalue weighted by molar-refractivity contribution is -0.122. The maximum Gasteiger partial charge on any atom is 0.328 e. The molecular weight excluding hydrogens is 518 g/mol. The number of nitrogens with zero attached hydrogens (tertiary/aromatic N) is 4.